The van der Waals surface area contributed by atoms with Gasteiger partial charge in [-0.15, -0.1) is 0 Å². The van der Waals surface area contributed by atoms with Gasteiger partial charge in [0.2, 0.25) is 0 Å². The molecule has 170 valence electrons. The maximum Gasteiger partial charge on any atom is 0.309 e. The molecular formula is C26H34N4O2. The molecule has 32 heavy (non-hydrogen) atoms. The van der Waals surface area contributed by atoms with Gasteiger partial charge in [-0.3, -0.25) is 14.5 Å². The van der Waals surface area contributed by atoms with Crippen LogP contribution in [0.15, 0.2) is 42.5 Å². The summed E-state index contributed by atoms with van der Waals surface area (Å²) in [6.45, 7) is 5.95. The first-order valence-corrected chi connectivity index (χ1v) is 11.7. The summed E-state index contributed by atoms with van der Waals surface area (Å²) in [5.41, 5.74) is 6.05. The number of carbonyl (C=O) groups is 2. The van der Waals surface area contributed by atoms with E-state index in [1.54, 1.807) is 0 Å². The lowest BCUT2D eigenvalue weighted by Crippen LogP contribution is -2.43. The number of nitrogens with one attached hydrogen (secondary N) is 2. The second-order valence-electron chi connectivity index (χ2n) is 9.05. The van der Waals surface area contributed by atoms with Crippen molar-refractivity contribution < 1.29 is 9.59 Å². The fourth-order valence-electron chi connectivity index (χ4n) is 4.76. The lowest BCUT2D eigenvalue weighted by molar-refractivity contribution is -0.139. The summed E-state index contributed by atoms with van der Waals surface area (Å²) >= 11 is 0. The molecule has 2 amide bonds. The molecule has 2 heterocycles. The number of hydrogen-bond acceptors (Lipinski definition) is 4. The van der Waals surface area contributed by atoms with Gasteiger partial charge in [-0.25, -0.2) is 0 Å². The van der Waals surface area contributed by atoms with E-state index in [1.165, 1.54) is 41.6 Å². The summed E-state index contributed by atoms with van der Waals surface area (Å²) in [6.07, 6.45) is 4.61. The van der Waals surface area contributed by atoms with Gasteiger partial charge in [0.1, 0.15) is 0 Å². The summed E-state index contributed by atoms with van der Waals surface area (Å²) in [7, 11) is 2.14. The Bertz CT molecular complexity index is 951. The maximum absolute atomic E-state index is 12.5. The highest BCUT2D eigenvalue weighted by atomic mass is 16.2. The van der Waals surface area contributed by atoms with E-state index in [9.17, 15) is 9.59 Å². The topological polar surface area (TPSA) is 64.7 Å². The number of rotatable bonds is 6. The van der Waals surface area contributed by atoms with E-state index in [2.05, 4.69) is 45.7 Å². The van der Waals surface area contributed by atoms with Crippen molar-refractivity contribution in [2.75, 3.05) is 38.1 Å². The lowest BCUT2D eigenvalue weighted by atomic mass is 9.96. The second kappa shape index (κ2) is 10.2. The first kappa shape index (κ1) is 22.3. The van der Waals surface area contributed by atoms with Gasteiger partial charge in [-0.1, -0.05) is 42.0 Å². The molecular weight excluding hydrogens is 400 g/mol. The maximum atomic E-state index is 12.5. The highest BCUT2D eigenvalue weighted by molar-refractivity contribution is 6.35. The van der Waals surface area contributed by atoms with Crippen molar-refractivity contribution in [3.05, 3.63) is 64.7 Å². The molecule has 0 spiro atoms. The Labute approximate surface area is 191 Å². The van der Waals surface area contributed by atoms with Crippen LogP contribution < -0.4 is 15.5 Å². The van der Waals surface area contributed by atoms with Crippen LogP contribution in [0, 0.1) is 6.92 Å². The molecule has 0 unspecified atom stereocenters. The molecule has 0 saturated carbocycles. The first-order chi connectivity index (χ1) is 15.5. The number of nitrogens with zero attached hydrogens (tertiary/aromatic N) is 2. The predicted molar refractivity (Wildman–Crippen MR) is 128 cm³/mol. The van der Waals surface area contributed by atoms with Gasteiger partial charge in [0.05, 0.1) is 6.04 Å². The number of fused-ring (bicyclic) bond motifs is 1. The van der Waals surface area contributed by atoms with Crippen molar-refractivity contribution in [1.29, 1.82) is 0 Å². The third-order valence-electron chi connectivity index (χ3n) is 6.66. The van der Waals surface area contributed by atoms with Gasteiger partial charge in [-0.2, -0.15) is 0 Å². The van der Waals surface area contributed by atoms with Crippen molar-refractivity contribution in [2.24, 2.45) is 0 Å². The summed E-state index contributed by atoms with van der Waals surface area (Å²) in [6, 6.07) is 14.7. The van der Waals surface area contributed by atoms with Crippen molar-refractivity contribution >= 4 is 17.5 Å². The molecule has 0 aliphatic carbocycles. The van der Waals surface area contributed by atoms with E-state index in [0.29, 0.717) is 13.1 Å². The molecule has 1 atom stereocenters. The Kier molecular flexibility index (Phi) is 7.10. The number of amides is 2. The SMILES string of the molecule is Cc1ccc(CNC(=O)C(=O)NC[C@H](c2ccc3c(c2)CCCN3C)N2CCCC2)cc1. The number of hydrogen-bond donors (Lipinski definition) is 2. The minimum atomic E-state index is -0.585. The van der Waals surface area contributed by atoms with Crippen LogP contribution in [-0.2, 0) is 22.6 Å². The molecule has 2 aromatic carbocycles. The zero-order chi connectivity index (χ0) is 22.5. The van der Waals surface area contributed by atoms with E-state index in [0.717, 1.165) is 31.6 Å². The smallest absolute Gasteiger partial charge is 0.309 e. The molecule has 0 radical (unpaired) electrons. The van der Waals surface area contributed by atoms with Gasteiger partial charge in [-0.05, 0) is 68.5 Å². The van der Waals surface area contributed by atoms with Crippen LogP contribution >= 0.6 is 0 Å². The largest absolute Gasteiger partial charge is 0.374 e. The fourth-order valence-corrected chi connectivity index (χ4v) is 4.76. The Morgan fingerprint density at radius 1 is 0.938 bits per heavy atom. The van der Waals surface area contributed by atoms with Crippen LogP contribution in [0.25, 0.3) is 0 Å². The van der Waals surface area contributed by atoms with Gasteiger partial charge in [0.15, 0.2) is 0 Å². The van der Waals surface area contributed by atoms with E-state index < -0.39 is 11.8 Å². The fraction of sp³-hybridized carbons (Fsp3) is 0.462. The van der Waals surface area contributed by atoms with Crippen molar-refractivity contribution in [3.8, 4) is 0 Å². The summed E-state index contributed by atoms with van der Waals surface area (Å²) in [5.74, 6) is -1.16. The molecule has 1 saturated heterocycles. The summed E-state index contributed by atoms with van der Waals surface area (Å²) < 4.78 is 0. The first-order valence-electron chi connectivity index (χ1n) is 11.7. The Morgan fingerprint density at radius 2 is 1.66 bits per heavy atom. The molecule has 4 rings (SSSR count). The molecule has 2 aromatic rings. The van der Waals surface area contributed by atoms with Crippen LogP contribution in [-0.4, -0.2) is 49.9 Å². The van der Waals surface area contributed by atoms with Crippen LogP contribution in [0.3, 0.4) is 0 Å². The molecule has 0 aromatic heterocycles. The number of anilines is 1. The second-order valence-corrected chi connectivity index (χ2v) is 9.05. The van der Waals surface area contributed by atoms with Crippen LogP contribution in [0.2, 0.25) is 0 Å². The zero-order valence-electron chi connectivity index (χ0n) is 19.2. The minimum Gasteiger partial charge on any atom is -0.374 e. The monoisotopic (exact) mass is 434 g/mol. The minimum absolute atomic E-state index is 0.0869. The van der Waals surface area contributed by atoms with Crippen molar-refractivity contribution in [1.82, 2.24) is 15.5 Å². The Morgan fingerprint density at radius 3 is 2.41 bits per heavy atom. The number of aryl methyl sites for hydroxylation is 2. The molecule has 2 aliphatic rings. The third-order valence-corrected chi connectivity index (χ3v) is 6.66. The standard InChI is InChI=1S/C26H34N4O2/c1-19-7-9-20(10-8-19)17-27-25(31)26(32)28-18-24(30-14-3-4-15-30)22-11-12-23-21(16-22)6-5-13-29(23)2/h7-12,16,24H,3-6,13-15,17-18H2,1-2H3,(H,27,31)(H,28,32)/t24-/m1/s1. The lowest BCUT2D eigenvalue weighted by Gasteiger charge is -2.31. The normalized spacial score (nSPS) is 17.0. The van der Waals surface area contributed by atoms with Gasteiger partial charge in [0.25, 0.3) is 0 Å². The van der Waals surface area contributed by atoms with E-state index in [1.807, 2.05) is 31.2 Å². The van der Waals surface area contributed by atoms with Crippen LogP contribution in [0.1, 0.15) is 47.6 Å². The van der Waals surface area contributed by atoms with Gasteiger partial charge < -0.3 is 15.5 Å². The van der Waals surface area contributed by atoms with E-state index >= 15 is 0 Å². The molecule has 1 fully saturated rings. The average Bonchev–Trinajstić information content (AvgIpc) is 3.33. The van der Waals surface area contributed by atoms with E-state index in [4.69, 9.17) is 0 Å². The number of benzene rings is 2. The van der Waals surface area contributed by atoms with Gasteiger partial charge >= 0.3 is 11.8 Å². The van der Waals surface area contributed by atoms with Crippen LogP contribution in [0.5, 0.6) is 0 Å². The predicted octanol–water partition coefficient (Wildman–Crippen LogP) is 2.95. The van der Waals surface area contributed by atoms with Gasteiger partial charge in [0, 0.05) is 32.4 Å². The van der Waals surface area contributed by atoms with Crippen molar-refractivity contribution in [3.63, 3.8) is 0 Å². The highest BCUT2D eigenvalue weighted by Gasteiger charge is 2.26. The zero-order valence-corrected chi connectivity index (χ0v) is 19.2. The highest BCUT2D eigenvalue weighted by Crippen LogP contribution is 2.31. The van der Waals surface area contributed by atoms with Crippen LogP contribution in [0.4, 0.5) is 5.69 Å². The molecule has 2 aliphatic heterocycles. The van der Waals surface area contributed by atoms with Crippen molar-refractivity contribution in [2.45, 2.75) is 45.2 Å². The molecule has 6 nitrogen and oxygen atoms in total. The number of carbonyl (C=O) groups excluding carboxylic acids is 2. The average molecular weight is 435 g/mol. The Balaban J connectivity index is 1.39. The summed E-state index contributed by atoms with van der Waals surface area (Å²) in [4.78, 5) is 29.6. The Hall–Kier alpha value is -2.86. The molecule has 6 heteroatoms. The third kappa shape index (κ3) is 5.30. The molecule has 2 N–H and O–H groups in total. The summed E-state index contributed by atoms with van der Waals surface area (Å²) in [5, 5.41) is 5.62. The quantitative estimate of drug-likeness (QED) is 0.686. The van der Waals surface area contributed by atoms with E-state index in [-0.39, 0.29) is 6.04 Å². The number of likely N-dealkylation sites (tertiary alicyclic amines) is 1. The molecule has 0 bridgehead atoms.